The molecular formula is C7H12O7. The summed E-state index contributed by atoms with van der Waals surface area (Å²) in [4.78, 5) is 10.7. The first-order valence-electron chi connectivity index (χ1n) is 4.02. The average molecular weight is 208 g/mol. The minimum absolute atomic E-state index is 0.738. The lowest BCUT2D eigenvalue weighted by Gasteiger charge is -2.23. The van der Waals surface area contributed by atoms with E-state index in [4.69, 9.17) is 15.3 Å². The van der Waals surface area contributed by atoms with Crippen molar-refractivity contribution in [2.75, 3.05) is 6.61 Å². The van der Waals surface area contributed by atoms with Crippen LogP contribution in [-0.4, -0.2) is 68.6 Å². The molecule has 0 bridgehead atoms. The summed E-state index contributed by atoms with van der Waals surface area (Å²) in [5.41, 5.74) is 0. The first kappa shape index (κ1) is 11.3. The first-order valence-corrected chi connectivity index (χ1v) is 4.02. The highest BCUT2D eigenvalue weighted by molar-refractivity contribution is 5.77. The molecule has 1 aliphatic rings. The van der Waals surface area contributed by atoms with Crippen molar-refractivity contribution >= 4 is 5.97 Å². The quantitative estimate of drug-likeness (QED) is 0.302. The van der Waals surface area contributed by atoms with E-state index in [2.05, 4.69) is 4.74 Å². The van der Waals surface area contributed by atoms with Crippen LogP contribution in [0.3, 0.4) is 0 Å². The fraction of sp³-hybridized carbons (Fsp3) is 0.857. The van der Waals surface area contributed by atoms with Gasteiger partial charge in [-0.25, -0.2) is 4.79 Å². The third kappa shape index (κ3) is 1.86. The Kier molecular flexibility index (Phi) is 3.40. The predicted octanol–water partition coefficient (Wildman–Crippen LogP) is -3.65. The summed E-state index contributed by atoms with van der Waals surface area (Å²) >= 11 is 0. The smallest absolute Gasteiger partial charge is 0.338 e. The summed E-state index contributed by atoms with van der Waals surface area (Å²) < 4.78 is 4.41. The molecule has 7 heteroatoms. The second-order valence-corrected chi connectivity index (χ2v) is 3.08. The van der Waals surface area contributed by atoms with Crippen LogP contribution in [0.5, 0.6) is 0 Å². The third-order valence-corrected chi connectivity index (χ3v) is 2.07. The highest BCUT2D eigenvalue weighted by atomic mass is 16.6. The Labute approximate surface area is 79.2 Å². The van der Waals surface area contributed by atoms with Crippen molar-refractivity contribution in [3.63, 3.8) is 0 Å². The fourth-order valence-corrected chi connectivity index (χ4v) is 1.19. The molecule has 0 aliphatic carbocycles. The molecule has 5 N–H and O–H groups in total. The molecular weight excluding hydrogens is 196 g/mol. The number of hydrogen-bond acceptors (Lipinski definition) is 7. The Morgan fingerprint density at radius 2 is 1.93 bits per heavy atom. The maximum atomic E-state index is 10.7. The topological polar surface area (TPSA) is 127 Å². The SMILES string of the molecule is O=C1O[C@@H]([C@@H](O)[C@H](O)CO)[C@@H](O)[C@H]1O. The van der Waals surface area contributed by atoms with Crippen molar-refractivity contribution in [2.24, 2.45) is 0 Å². The summed E-state index contributed by atoms with van der Waals surface area (Å²) in [5, 5.41) is 44.9. The molecule has 7 nitrogen and oxygen atoms in total. The first-order chi connectivity index (χ1) is 6.49. The lowest BCUT2D eigenvalue weighted by molar-refractivity contribution is -0.155. The monoisotopic (exact) mass is 208 g/mol. The van der Waals surface area contributed by atoms with Gasteiger partial charge in [0.1, 0.15) is 18.3 Å². The Morgan fingerprint density at radius 3 is 2.29 bits per heavy atom. The van der Waals surface area contributed by atoms with Gasteiger partial charge in [-0.05, 0) is 0 Å². The Hall–Kier alpha value is -0.730. The van der Waals surface area contributed by atoms with Gasteiger partial charge in [-0.1, -0.05) is 0 Å². The molecule has 0 aromatic heterocycles. The Bertz CT molecular complexity index is 218. The molecule has 0 radical (unpaired) electrons. The average Bonchev–Trinajstić information content (AvgIpc) is 2.43. The molecule has 5 atom stereocenters. The zero-order valence-corrected chi connectivity index (χ0v) is 7.15. The largest absolute Gasteiger partial charge is 0.455 e. The normalized spacial score (nSPS) is 36.6. The summed E-state index contributed by atoms with van der Waals surface area (Å²) in [6.45, 7) is -0.738. The van der Waals surface area contributed by atoms with Crippen molar-refractivity contribution < 1.29 is 35.1 Å². The summed E-state index contributed by atoms with van der Waals surface area (Å²) in [5.74, 6) is -1.06. The van der Waals surface area contributed by atoms with Gasteiger partial charge in [0, 0.05) is 0 Å². The highest BCUT2D eigenvalue weighted by Gasteiger charge is 2.47. The number of aliphatic hydroxyl groups excluding tert-OH is 5. The van der Waals surface area contributed by atoms with E-state index in [9.17, 15) is 15.0 Å². The molecule has 0 amide bonds. The molecule has 1 fully saturated rings. The van der Waals surface area contributed by atoms with E-state index in [0.717, 1.165) is 0 Å². The van der Waals surface area contributed by atoms with Crippen molar-refractivity contribution in [3.05, 3.63) is 0 Å². The number of esters is 1. The van der Waals surface area contributed by atoms with Gasteiger partial charge >= 0.3 is 5.97 Å². The van der Waals surface area contributed by atoms with Crippen LogP contribution in [-0.2, 0) is 9.53 Å². The van der Waals surface area contributed by atoms with Crippen molar-refractivity contribution in [1.82, 2.24) is 0 Å². The number of carbonyl (C=O) groups excluding carboxylic acids is 1. The van der Waals surface area contributed by atoms with Crippen LogP contribution in [0.15, 0.2) is 0 Å². The van der Waals surface area contributed by atoms with E-state index in [1.165, 1.54) is 0 Å². The molecule has 0 spiro atoms. The third-order valence-electron chi connectivity index (χ3n) is 2.07. The van der Waals surface area contributed by atoms with E-state index >= 15 is 0 Å². The van der Waals surface area contributed by atoms with E-state index in [1.54, 1.807) is 0 Å². The van der Waals surface area contributed by atoms with Gasteiger partial charge < -0.3 is 30.3 Å². The second-order valence-electron chi connectivity index (χ2n) is 3.08. The van der Waals surface area contributed by atoms with Crippen molar-refractivity contribution in [3.8, 4) is 0 Å². The molecule has 14 heavy (non-hydrogen) atoms. The number of cyclic esters (lactones) is 1. The van der Waals surface area contributed by atoms with Crippen LogP contribution in [0.4, 0.5) is 0 Å². The number of hydrogen-bond donors (Lipinski definition) is 5. The highest BCUT2D eigenvalue weighted by Crippen LogP contribution is 2.20. The van der Waals surface area contributed by atoms with Gasteiger partial charge in [-0.15, -0.1) is 0 Å². The molecule has 0 aromatic rings. The van der Waals surface area contributed by atoms with Crippen LogP contribution >= 0.6 is 0 Å². The molecule has 0 aromatic carbocycles. The predicted molar refractivity (Wildman–Crippen MR) is 41.0 cm³/mol. The standard InChI is InChI=1S/C7H12O7/c8-1-2(9)3(10)6-4(11)5(12)7(13)14-6/h2-6,8-12H,1H2/t2-,3+,4+,5-,6+/m1/s1. The fourth-order valence-electron chi connectivity index (χ4n) is 1.19. The Balaban J connectivity index is 2.66. The molecule has 1 rings (SSSR count). The molecule has 1 heterocycles. The number of aliphatic hydroxyl groups is 5. The van der Waals surface area contributed by atoms with Gasteiger partial charge in [-0.3, -0.25) is 0 Å². The van der Waals surface area contributed by atoms with Gasteiger partial charge in [0.15, 0.2) is 12.2 Å². The van der Waals surface area contributed by atoms with Gasteiger partial charge in [-0.2, -0.15) is 0 Å². The summed E-state index contributed by atoms with van der Waals surface area (Å²) in [7, 11) is 0. The second kappa shape index (κ2) is 4.20. The van der Waals surface area contributed by atoms with Crippen LogP contribution < -0.4 is 0 Å². The molecule has 1 saturated heterocycles. The van der Waals surface area contributed by atoms with E-state index in [1.807, 2.05) is 0 Å². The lowest BCUT2D eigenvalue weighted by atomic mass is 10.0. The Morgan fingerprint density at radius 1 is 1.36 bits per heavy atom. The van der Waals surface area contributed by atoms with Crippen LogP contribution in [0.25, 0.3) is 0 Å². The van der Waals surface area contributed by atoms with Crippen LogP contribution in [0, 0.1) is 0 Å². The molecule has 0 saturated carbocycles. The zero-order chi connectivity index (χ0) is 10.9. The van der Waals surface area contributed by atoms with E-state index in [0.29, 0.717) is 0 Å². The van der Waals surface area contributed by atoms with Crippen molar-refractivity contribution in [2.45, 2.75) is 30.5 Å². The van der Waals surface area contributed by atoms with E-state index in [-0.39, 0.29) is 0 Å². The summed E-state index contributed by atoms with van der Waals surface area (Å²) in [6, 6.07) is 0. The number of carbonyl (C=O) groups is 1. The zero-order valence-electron chi connectivity index (χ0n) is 7.15. The number of rotatable bonds is 3. The van der Waals surface area contributed by atoms with Gasteiger partial charge in [0.05, 0.1) is 6.61 Å². The van der Waals surface area contributed by atoms with Gasteiger partial charge in [0.2, 0.25) is 0 Å². The van der Waals surface area contributed by atoms with E-state index < -0.39 is 43.1 Å². The minimum atomic E-state index is -1.72. The van der Waals surface area contributed by atoms with Crippen molar-refractivity contribution in [1.29, 1.82) is 0 Å². The summed E-state index contributed by atoms with van der Waals surface area (Å²) in [6.07, 6.45) is -7.90. The molecule has 1 aliphatic heterocycles. The molecule has 82 valence electrons. The van der Waals surface area contributed by atoms with Crippen LogP contribution in [0.1, 0.15) is 0 Å². The van der Waals surface area contributed by atoms with Gasteiger partial charge in [0.25, 0.3) is 0 Å². The maximum Gasteiger partial charge on any atom is 0.338 e. The number of ether oxygens (including phenoxy) is 1. The lowest BCUT2D eigenvalue weighted by Crippen LogP contribution is -2.46. The maximum absolute atomic E-state index is 10.7. The molecule has 0 unspecified atom stereocenters. The van der Waals surface area contributed by atoms with Crippen LogP contribution in [0.2, 0.25) is 0 Å². The minimum Gasteiger partial charge on any atom is -0.455 e.